The Morgan fingerprint density at radius 1 is 1.21 bits per heavy atom. The van der Waals surface area contributed by atoms with Gasteiger partial charge in [-0.1, -0.05) is 6.92 Å². The molecule has 0 saturated carbocycles. The highest BCUT2D eigenvalue weighted by atomic mass is 16.2. The molecule has 0 saturated heterocycles. The minimum Gasteiger partial charge on any atom is -0.349 e. The van der Waals surface area contributed by atoms with Crippen LogP contribution in [0.15, 0.2) is 0 Å². The second-order valence-electron chi connectivity index (χ2n) is 3.68. The molecular weight excluding hydrogens is 178 g/mol. The Kier molecular flexibility index (Phi) is 7.42. The van der Waals surface area contributed by atoms with E-state index in [4.69, 9.17) is 0 Å². The summed E-state index contributed by atoms with van der Waals surface area (Å²) in [6.45, 7) is 5.96. The summed E-state index contributed by atoms with van der Waals surface area (Å²) in [4.78, 5) is 15.0. The van der Waals surface area contributed by atoms with Gasteiger partial charge in [-0.3, -0.25) is 4.79 Å². The molecule has 0 aliphatic rings. The summed E-state index contributed by atoms with van der Waals surface area (Å²) in [6, 6.07) is 0. The topological polar surface area (TPSA) is 35.6 Å². The summed E-state index contributed by atoms with van der Waals surface area (Å²) < 4.78 is 0. The zero-order chi connectivity index (χ0) is 11.0. The van der Waals surface area contributed by atoms with Crippen LogP contribution in [0.1, 0.15) is 13.3 Å². The monoisotopic (exact) mass is 201 g/mol. The Balaban J connectivity index is 3.26. The van der Waals surface area contributed by atoms with Crippen LogP contribution in [0.25, 0.3) is 0 Å². The number of hydrogen-bond donors (Lipinski definition) is 1. The Morgan fingerprint density at radius 2 is 1.86 bits per heavy atom. The molecule has 0 aromatic carbocycles. The molecule has 0 spiro atoms. The second kappa shape index (κ2) is 7.76. The van der Waals surface area contributed by atoms with E-state index < -0.39 is 0 Å². The van der Waals surface area contributed by atoms with Gasteiger partial charge in [0, 0.05) is 40.2 Å². The van der Waals surface area contributed by atoms with E-state index in [0.717, 1.165) is 26.2 Å². The molecule has 0 atom stereocenters. The third kappa shape index (κ3) is 6.86. The van der Waals surface area contributed by atoms with E-state index in [1.165, 1.54) is 0 Å². The number of likely N-dealkylation sites (N-methyl/N-ethyl adjacent to an activating group) is 1. The number of amides is 1. The summed E-state index contributed by atoms with van der Waals surface area (Å²) >= 11 is 0. The maximum atomic E-state index is 11.2. The molecule has 4 nitrogen and oxygen atoms in total. The van der Waals surface area contributed by atoms with Gasteiger partial charge in [0.15, 0.2) is 0 Å². The second-order valence-corrected chi connectivity index (χ2v) is 3.68. The molecule has 0 rings (SSSR count). The summed E-state index contributed by atoms with van der Waals surface area (Å²) in [7, 11) is 5.66. The van der Waals surface area contributed by atoms with Crippen LogP contribution >= 0.6 is 0 Å². The first kappa shape index (κ1) is 13.4. The minimum absolute atomic E-state index is 0.182. The molecule has 0 aromatic heterocycles. The van der Waals surface area contributed by atoms with Gasteiger partial charge in [0.05, 0.1) is 0 Å². The Morgan fingerprint density at radius 3 is 2.36 bits per heavy atom. The van der Waals surface area contributed by atoms with E-state index >= 15 is 0 Å². The van der Waals surface area contributed by atoms with Crippen molar-refractivity contribution in [1.82, 2.24) is 15.1 Å². The fourth-order valence-electron chi connectivity index (χ4n) is 0.972. The summed E-state index contributed by atoms with van der Waals surface area (Å²) in [6.07, 6.45) is 0.586. The Hall–Kier alpha value is -0.610. The molecule has 1 amide bonds. The summed E-state index contributed by atoms with van der Waals surface area (Å²) in [5, 5.41) is 3.25. The maximum absolute atomic E-state index is 11.2. The van der Waals surface area contributed by atoms with Crippen LogP contribution in [0.4, 0.5) is 0 Å². The highest BCUT2D eigenvalue weighted by Gasteiger charge is 2.02. The van der Waals surface area contributed by atoms with Crippen molar-refractivity contribution in [1.29, 1.82) is 0 Å². The maximum Gasteiger partial charge on any atom is 0.223 e. The van der Waals surface area contributed by atoms with Gasteiger partial charge in [-0.2, -0.15) is 0 Å². The summed E-state index contributed by atoms with van der Waals surface area (Å²) in [5.41, 5.74) is 0. The van der Waals surface area contributed by atoms with Gasteiger partial charge >= 0.3 is 0 Å². The van der Waals surface area contributed by atoms with Crippen molar-refractivity contribution in [3.05, 3.63) is 0 Å². The van der Waals surface area contributed by atoms with Crippen LogP contribution < -0.4 is 5.32 Å². The molecule has 0 aromatic rings. The van der Waals surface area contributed by atoms with E-state index in [1.54, 1.807) is 19.0 Å². The smallest absolute Gasteiger partial charge is 0.223 e. The van der Waals surface area contributed by atoms with E-state index in [2.05, 4.69) is 24.2 Å². The number of nitrogens with zero attached hydrogens (tertiary/aromatic N) is 2. The average Bonchev–Trinajstić information content (AvgIpc) is 2.16. The lowest BCUT2D eigenvalue weighted by molar-refractivity contribution is -0.128. The highest BCUT2D eigenvalue weighted by molar-refractivity contribution is 5.75. The first-order chi connectivity index (χ1) is 6.57. The zero-order valence-electron chi connectivity index (χ0n) is 9.84. The summed E-state index contributed by atoms with van der Waals surface area (Å²) in [5.74, 6) is 0.182. The molecular formula is C10H23N3O. The molecule has 4 heteroatoms. The number of nitrogens with one attached hydrogen (secondary N) is 1. The van der Waals surface area contributed by atoms with Crippen molar-refractivity contribution >= 4 is 5.91 Å². The fraction of sp³-hybridized carbons (Fsp3) is 0.900. The van der Waals surface area contributed by atoms with Gasteiger partial charge in [-0.05, 0) is 13.6 Å². The fourth-order valence-corrected chi connectivity index (χ4v) is 0.972. The molecule has 84 valence electrons. The van der Waals surface area contributed by atoms with Crippen LogP contribution in [0.3, 0.4) is 0 Å². The number of rotatable bonds is 7. The van der Waals surface area contributed by atoms with Gasteiger partial charge in [0.1, 0.15) is 0 Å². The number of carbonyl (C=O) groups is 1. The van der Waals surface area contributed by atoms with Crippen LogP contribution in [-0.4, -0.2) is 63.0 Å². The van der Waals surface area contributed by atoms with Gasteiger partial charge < -0.3 is 15.1 Å². The van der Waals surface area contributed by atoms with Crippen molar-refractivity contribution < 1.29 is 4.79 Å². The van der Waals surface area contributed by atoms with E-state index in [1.807, 2.05) is 0 Å². The lowest BCUT2D eigenvalue weighted by Crippen LogP contribution is -2.32. The molecule has 0 radical (unpaired) electrons. The predicted octanol–water partition coefficient (Wildman–Crippen LogP) is 0.00600. The van der Waals surface area contributed by atoms with Crippen LogP contribution in [0.5, 0.6) is 0 Å². The lowest BCUT2D eigenvalue weighted by Gasteiger charge is -2.14. The Labute approximate surface area is 87.3 Å². The molecule has 0 bridgehead atoms. The van der Waals surface area contributed by atoms with E-state index in [0.29, 0.717) is 6.42 Å². The molecule has 0 aliphatic heterocycles. The largest absolute Gasteiger partial charge is 0.349 e. The van der Waals surface area contributed by atoms with Gasteiger partial charge in [0.2, 0.25) is 5.91 Å². The minimum atomic E-state index is 0.182. The van der Waals surface area contributed by atoms with Crippen molar-refractivity contribution in [2.24, 2.45) is 0 Å². The number of hydrogen-bond acceptors (Lipinski definition) is 3. The van der Waals surface area contributed by atoms with Gasteiger partial charge in [-0.25, -0.2) is 0 Å². The third-order valence-corrected chi connectivity index (χ3v) is 2.22. The van der Waals surface area contributed by atoms with Crippen molar-refractivity contribution in [3.63, 3.8) is 0 Å². The first-order valence-corrected chi connectivity index (χ1v) is 5.17. The van der Waals surface area contributed by atoms with Crippen molar-refractivity contribution in [2.75, 3.05) is 47.3 Å². The first-order valence-electron chi connectivity index (χ1n) is 5.17. The zero-order valence-corrected chi connectivity index (χ0v) is 9.84. The van der Waals surface area contributed by atoms with E-state index in [9.17, 15) is 4.79 Å². The standard InChI is InChI=1S/C10H23N3O/c1-5-13(4)9-8-11-7-6-10(14)12(2)3/h11H,5-9H2,1-4H3. The van der Waals surface area contributed by atoms with Crippen LogP contribution in [-0.2, 0) is 4.79 Å². The molecule has 0 heterocycles. The molecule has 1 N–H and O–H groups in total. The molecule has 0 unspecified atom stereocenters. The molecule has 0 fully saturated rings. The average molecular weight is 201 g/mol. The van der Waals surface area contributed by atoms with Crippen molar-refractivity contribution in [2.45, 2.75) is 13.3 Å². The van der Waals surface area contributed by atoms with Gasteiger partial charge in [0.25, 0.3) is 0 Å². The third-order valence-electron chi connectivity index (χ3n) is 2.22. The van der Waals surface area contributed by atoms with Crippen LogP contribution in [0.2, 0.25) is 0 Å². The van der Waals surface area contributed by atoms with E-state index in [-0.39, 0.29) is 5.91 Å². The van der Waals surface area contributed by atoms with Crippen molar-refractivity contribution in [3.8, 4) is 0 Å². The SMILES string of the molecule is CCN(C)CCNCCC(=O)N(C)C. The lowest BCUT2D eigenvalue weighted by atomic mass is 10.4. The highest BCUT2D eigenvalue weighted by Crippen LogP contribution is 1.85. The van der Waals surface area contributed by atoms with Gasteiger partial charge in [-0.15, -0.1) is 0 Å². The quantitative estimate of drug-likeness (QED) is 0.589. The normalized spacial score (nSPS) is 10.6. The molecule has 14 heavy (non-hydrogen) atoms. The number of carbonyl (C=O) groups excluding carboxylic acids is 1. The Bertz CT molecular complexity index is 159. The predicted molar refractivity (Wildman–Crippen MR) is 59.4 cm³/mol. The van der Waals surface area contributed by atoms with Crippen LogP contribution in [0, 0.1) is 0 Å². The molecule has 0 aliphatic carbocycles.